The molecule has 1 aromatic carbocycles. The second-order valence-corrected chi connectivity index (χ2v) is 6.03. The number of H-pyrrole nitrogens is 1. The molecule has 26 heavy (non-hydrogen) atoms. The first-order valence-electron chi connectivity index (χ1n) is 8.44. The minimum absolute atomic E-state index is 0.0410. The van der Waals surface area contributed by atoms with Crippen LogP contribution in [0.15, 0.2) is 29.1 Å². The van der Waals surface area contributed by atoms with Crippen LogP contribution in [0.1, 0.15) is 24.3 Å². The number of hydrogen-bond acceptors (Lipinski definition) is 6. The quantitative estimate of drug-likeness (QED) is 0.686. The maximum Gasteiger partial charge on any atom is 0.359 e. The summed E-state index contributed by atoms with van der Waals surface area (Å²) in [5.41, 5.74) is 0.290. The van der Waals surface area contributed by atoms with Crippen LogP contribution in [0.5, 0.6) is 0 Å². The molecular weight excluding hydrogens is 356 g/mol. The summed E-state index contributed by atoms with van der Waals surface area (Å²) in [5.74, 6) is -0.391. The number of halogens is 1. The second kappa shape index (κ2) is 9.35. The summed E-state index contributed by atoms with van der Waals surface area (Å²) in [6, 6.07) is 6.81. The molecule has 2 N–H and O–H groups in total. The lowest BCUT2D eigenvalue weighted by Gasteiger charge is -2.18. The van der Waals surface area contributed by atoms with Crippen LogP contribution in [-0.2, 0) is 4.74 Å². The number of carbonyl (C=O) groups is 1. The van der Waals surface area contributed by atoms with Gasteiger partial charge in [0.05, 0.1) is 7.11 Å². The van der Waals surface area contributed by atoms with Crippen molar-refractivity contribution >= 4 is 23.3 Å². The van der Waals surface area contributed by atoms with Gasteiger partial charge in [0.25, 0.3) is 5.56 Å². The first-order valence-corrected chi connectivity index (χ1v) is 8.82. The Morgan fingerprint density at radius 3 is 2.50 bits per heavy atom. The second-order valence-electron chi connectivity index (χ2n) is 5.59. The number of carbonyl (C=O) groups excluding carboxylic acids is 1. The van der Waals surface area contributed by atoms with Gasteiger partial charge in [-0.05, 0) is 37.4 Å². The first-order chi connectivity index (χ1) is 12.5. The fourth-order valence-corrected chi connectivity index (χ4v) is 2.63. The van der Waals surface area contributed by atoms with E-state index in [0.717, 1.165) is 19.6 Å². The van der Waals surface area contributed by atoms with Gasteiger partial charge in [-0.3, -0.25) is 4.79 Å². The van der Waals surface area contributed by atoms with Crippen molar-refractivity contribution in [3.05, 3.63) is 45.3 Å². The van der Waals surface area contributed by atoms with Crippen molar-refractivity contribution in [1.82, 2.24) is 14.9 Å². The van der Waals surface area contributed by atoms with Gasteiger partial charge in [-0.1, -0.05) is 25.4 Å². The van der Waals surface area contributed by atoms with E-state index in [4.69, 9.17) is 16.3 Å². The molecule has 2 rings (SSSR count). The molecule has 0 spiro atoms. The van der Waals surface area contributed by atoms with Crippen LogP contribution in [0.4, 0.5) is 5.69 Å². The van der Waals surface area contributed by atoms with Crippen molar-refractivity contribution in [3.8, 4) is 11.4 Å². The van der Waals surface area contributed by atoms with E-state index in [1.165, 1.54) is 7.11 Å². The highest BCUT2D eigenvalue weighted by molar-refractivity contribution is 6.30. The maximum atomic E-state index is 12.5. The van der Waals surface area contributed by atoms with Crippen LogP contribution in [0.25, 0.3) is 11.4 Å². The number of esters is 1. The molecule has 2 aromatic rings. The summed E-state index contributed by atoms with van der Waals surface area (Å²) in [4.78, 5) is 33.9. The standard InChI is InChI=1S/C18H23ClN4O3/c1-4-23(5-2)11-10-20-14-15(18(25)26-3)21-16(22-17(14)24)12-6-8-13(19)9-7-12/h6-9,20H,4-5,10-11H2,1-3H3,(H,21,22,24). The average molecular weight is 379 g/mol. The summed E-state index contributed by atoms with van der Waals surface area (Å²) >= 11 is 5.89. The molecule has 0 bridgehead atoms. The number of anilines is 1. The third-order valence-electron chi connectivity index (χ3n) is 4.04. The molecule has 8 heteroatoms. The van der Waals surface area contributed by atoms with Gasteiger partial charge < -0.3 is 19.9 Å². The minimum atomic E-state index is -0.670. The van der Waals surface area contributed by atoms with E-state index in [1.54, 1.807) is 24.3 Å². The number of likely N-dealkylation sites (N-methyl/N-ethyl adjacent to an activating group) is 1. The van der Waals surface area contributed by atoms with E-state index in [9.17, 15) is 9.59 Å². The Bertz CT molecular complexity index is 801. The van der Waals surface area contributed by atoms with Crippen molar-refractivity contribution in [2.24, 2.45) is 0 Å². The van der Waals surface area contributed by atoms with Crippen molar-refractivity contribution in [2.45, 2.75) is 13.8 Å². The molecule has 0 aliphatic rings. The zero-order valence-electron chi connectivity index (χ0n) is 15.1. The Morgan fingerprint density at radius 1 is 1.27 bits per heavy atom. The number of ether oxygens (including phenoxy) is 1. The third kappa shape index (κ3) is 4.83. The number of hydrogen-bond donors (Lipinski definition) is 2. The zero-order chi connectivity index (χ0) is 19.1. The molecule has 0 fully saturated rings. The number of benzene rings is 1. The largest absolute Gasteiger partial charge is 0.464 e. The van der Waals surface area contributed by atoms with E-state index >= 15 is 0 Å². The molecule has 1 aromatic heterocycles. The lowest BCUT2D eigenvalue weighted by atomic mass is 10.2. The molecular formula is C18H23ClN4O3. The van der Waals surface area contributed by atoms with Crippen LogP contribution in [0.3, 0.4) is 0 Å². The van der Waals surface area contributed by atoms with Crippen LogP contribution >= 0.6 is 11.6 Å². The highest BCUT2D eigenvalue weighted by atomic mass is 35.5. The molecule has 0 radical (unpaired) electrons. The van der Waals surface area contributed by atoms with Crippen molar-refractivity contribution < 1.29 is 9.53 Å². The van der Waals surface area contributed by atoms with Gasteiger partial charge in [0.2, 0.25) is 0 Å². The van der Waals surface area contributed by atoms with Gasteiger partial charge in [-0.2, -0.15) is 0 Å². The van der Waals surface area contributed by atoms with Crippen LogP contribution in [0.2, 0.25) is 5.02 Å². The predicted molar refractivity (Wildman–Crippen MR) is 103 cm³/mol. The van der Waals surface area contributed by atoms with Gasteiger partial charge >= 0.3 is 5.97 Å². The van der Waals surface area contributed by atoms with E-state index < -0.39 is 11.5 Å². The lowest BCUT2D eigenvalue weighted by molar-refractivity contribution is 0.0595. The molecule has 0 atom stereocenters. The summed E-state index contributed by atoms with van der Waals surface area (Å²) < 4.78 is 4.79. The predicted octanol–water partition coefficient (Wildman–Crippen LogP) is 2.63. The van der Waals surface area contributed by atoms with Gasteiger partial charge in [0, 0.05) is 23.7 Å². The summed E-state index contributed by atoms with van der Waals surface area (Å²) in [5, 5.41) is 3.58. The number of methoxy groups -OCH3 is 1. The number of aromatic amines is 1. The van der Waals surface area contributed by atoms with E-state index in [2.05, 4.69) is 34.0 Å². The summed E-state index contributed by atoms with van der Waals surface area (Å²) in [6.07, 6.45) is 0. The van der Waals surface area contributed by atoms with E-state index in [1.807, 2.05) is 0 Å². The Morgan fingerprint density at radius 2 is 1.92 bits per heavy atom. The zero-order valence-corrected chi connectivity index (χ0v) is 15.9. The van der Waals surface area contributed by atoms with E-state index in [0.29, 0.717) is 17.1 Å². The molecule has 140 valence electrons. The summed E-state index contributed by atoms with van der Waals surface area (Å²) in [7, 11) is 1.26. The van der Waals surface area contributed by atoms with Crippen molar-refractivity contribution in [3.63, 3.8) is 0 Å². The van der Waals surface area contributed by atoms with Crippen LogP contribution in [0, 0.1) is 0 Å². The molecule has 0 aliphatic heterocycles. The monoisotopic (exact) mass is 378 g/mol. The van der Waals surface area contributed by atoms with Gasteiger partial charge in [-0.25, -0.2) is 9.78 Å². The maximum absolute atomic E-state index is 12.5. The van der Waals surface area contributed by atoms with Crippen molar-refractivity contribution in [1.29, 1.82) is 0 Å². The minimum Gasteiger partial charge on any atom is -0.464 e. The number of nitrogens with zero attached hydrogens (tertiary/aromatic N) is 2. The number of rotatable bonds is 8. The Balaban J connectivity index is 2.34. The Hall–Kier alpha value is -2.38. The molecule has 7 nitrogen and oxygen atoms in total. The molecule has 1 heterocycles. The Labute approximate surface area is 157 Å². The highest BCUT2D eigenvalue weighted by Gasteiger charge is 2.19. The number of aromatic nitrogens is 2. The normalized spacial score (nSPS) is 10.8. The van der Waals surface area contributed by atoms with E-state index in [-0.39, 0.29) is 17.2 Å². The SMILES string of the molecule is CCN(CC)CCNc1c(C(=O)OC)nc(-c2ccc(Cl)cc2)[nH]c1=O. The first kappa shape index (κ1) is 19.9. The van der Waals surface area contributed by atoms with Gasteiger partial charge in [0.15, 0.2) is 5.69 Å². The summed E-state index contributed by atoms with van der Waals surface area (Å²) in [6.45, 7) is 7.21. The smallest absolute Gasteiger partial charge is 0.359 e. The lowest BCUT2D eigenvalue weighted by Crippen LogP contribution is -2.31. The molecule has 0 saturated carbocycles. The molecule has 0 amide bonds. The van der Waals surface area contributed by atoms with Crippen LogP contribution < -0.4 is 10.9 Å². The topological polar surface area (TPSA) is 87.3 Å². The Kier molecular flexibility index (Phi) is 7.17. The number of nitrogens with one attached hydrogen (secondary N) is 2. The van der Waals surface area contributed by atoms with Gasteiger partial charge in [0.1, 0.15) is 11.5 Å². The molecule has 0 aliphatic carbocycles. The third-order valence-corrected chi connectivity index (χ3v) is 4.29. The molecule has 0 unspecified atom stereocenters. The fourth-order valence-electron chi connectivity index (χ4n) is 2.50. The molecule has 0 saturated heterocycles. The van der Waals surface area contributed by atoms with Gasteiger partial charge in [-0.15, -0.1) is 0 Å². The fraction of sp³-hybridized carbons (Fsp3) is 0.389. The van der Waals surface area contributed by atoms with Crippen LogP contribution in [-0.4, -0.2) is 54.1 Å². The highest BCUT2D eigenvalue weighted by Crippen LogP contribution is 2.19. The average Bonchev–Trinajstić information content (AvgIpc) is 2.66. The van der Waals surface area contributed by atoms with Crippen molar-refractivity contribution in [2.75, 3.05) is 38.6 Å².